The van der Waals surface area contributed by atoms with E-state index in [1.807, 2.05) is 25.1 Å². The fraction of sp³-hybridized carbons (Fsp3) is 0.318. The average Bonchev–Trinajstić information content (AvgIpc) is 2.61. The Morgan fingerprint density at radius 3 is 2.50 bits per heavy atom. The van der Waals surface area contributed by atoms with Crippen LogP contribution >= 0.6 is 0 Å². The lowest BCUT2D eigenvalue weighted by Crippen LogP contribution is -2.35. The summed E-state index contributed by atoms with van der Waals surface area (Å²) >= 11 is 0. The molecule has 0 saturated heterocycles. The Kier molecular flexibility index (Phi) is 3.20. The number of ether oxygens (including phenoxy) is 2. The first-order chi connectivity index (χ1) is 12.5. The van der Waals surface area contributed by atoms with Crippen LogP contribution in [0.2, 0.25) is 0 Å². The van der Waals surface area contributed by atoms with E-state index < -0.39 is 0 Å². The van der Waals surface area contributed by atoms with Crippen LogP contribution in [0.5, 0.6) is 11.5 Å². The fourth-order valence-corrected chi connectivity index (χ4v) is 4.41. The van der Waals surface area contributed by atoms with Crippen LogP contribution in [0.15, 0.2) is 39.5 Å². The summed E-state index contributed by atoms with van der Waals surface area (Å²) in [5.41, 5.74) is 5.43. The third-order valence-corrected chi connectivity index (χ3v) is 5.57. The molecule has 0 amide bonds. The maximum atomic E-state index is 12.8. The second-order valence-corrected chi connectivity index (χ2v) is 7.47. The maximum absolute atomic E-state index is 12.8. The van der Waals surface area contributed by atoms with Crippen LogP contribution in [-0.4, -0.2) is 13.2 Å². The average molecular weight is 348 g/mol. The summed E-state index contributed by atoms with van der Waals surface area (Å²) in [6.45, 7) is 7.19. The molecule has 0 saturated carbocycles. The van der Waals surface area contributed by atoms with Crippen molar-refractivity contribution < 1.29 is 13.9 Å². The van der Waals surface area contributed by atoms with Gasteiger partial charge < -0.3 is 13.9 Å². The van der Waals surface area contributed by atoms with Gasteiger partial charge in [0, 0.05) is 17.4 Å². The van der Waals surface area contributed by atoms with E-state index in [4.69, 9.17) is 13.9 Å². The number of fused-ring (bicyclic) bond motifs is 7. The van der Waals surface area contributed by atoms with Gasteiger partial charge in [-0.2, -0.15) is 0 Å². The Bertz CT molecular complexity index is 1110. The van der Waals surface area contributed by atoms with Crippen molar-refractivity contribution in [2.45, 2.75) is 32.6 Å². The summed E-state index contributed by atoms with van der Waals surface area (Å²) in [5, 5.41) is 0.865. The van der Waals surface area contributed by atoms with E-state index in [0.717, 1.165) is 27.8 Å². The monoisotopic (exact) mass is 348 g/mol. The molecule has 0 aliphatic carbocycles. The number of benzene rings is 2. The molecule has 0 radical (unpaired) electrons. The van der Waals surface area contributed by atoms with Gasteiger partial charge >= 0.3 is 5.63 Å². The van der Waals surface area contributed by atoms with Crippen LogP contribution in [0.1, 0.15) is 39.7 Å². The number of hydrogen-bond donors (Lipinski definition) is 0. The molecule has 0 spiro atoms. The van der Waals surface area contributed by atoms with Crippen LogP contribution in [-0.2, 0) is 0 Å². The van der Waals surface area contributed by atoms with Crippen molar-refractivity contribution >= 4 is 11.0 Å². The van der Waals surface area contributed by atoms with Gasteiger partial charge in [-0.15, -0.1) is 0 Å². The topological polar surface area (TPSA) is 48.7 Å². The van der Waals surface area contributed by atoms with Crippen molar-refractivity contribution in [1.29, 1.82) is 0 Å². The second kappa shape index (κ2) is 5.37. The quantitative estimate of drug-likeness (QED) is 0.566. The predicted octanol–water partition coefficient (Wildman–Crippen LogP) is 4.37. The predicted molar refractivity (Wildman–Crippen MR) is 99.6 cm³/mol. The largest absolute Gasteiger partial charge is 0.492 e. The van der Waals surface area contributed by atoms with Crippen LogP contribution in [0, 0.1) is 20.8 Å². The molecule has 2 aliphatic rings. The Balaban J connectivity index is 1.73. The lowest BCUT2D eigenvalue weighted by Gasteiger charge is -2.38. The van der Waals surface area contributed by atoms with E-state index in [-0.39, 0.29) is 17.5 Å². The normalized spacial score (nSPS) is 20.6. The second-order valence-electron chi connectivity index (χ2n) is 7.47. The van der Waals surface area contributed by atoms with Gasteiger partial charge in [-0.1, -0.05) is 29.3 Å². The smallest absolute Gasteiger partial charge is 0.343 e. The zero-order chi connectivity index (χ0) is 18.0. The first kappa shape index (κ1) is 15.5. The summed E-state index contributed by atoms with van der Waals surface area (Å²) in [6.07, 6.45) is 0. The number of aryl methyl sites for hydroxylation is 3. The minimum Gasteiger partial charge on any atom is -0.492 e. The van der Waals surface area contributed by atoms with E-state index in [0.29, 0.717) is 30.1 Å². The van der Waals surface area contributed by atoms with E-state index in [2.05, 4.69) is 26.0 Å². The lowest BCUT2D eigenvalue weighted by molar-refractivity contribution is 0.165. The van der Waals surface area contributed by atoms with Gasteiger partial charge in [0.15, 0.2) is 0 Å². The zero-order valence-corrected chi connectivity index (χ0v) is 15.1. The summed E-state index contributed by atoms with van der Waals surface area (Å²) in [7, 11) is 0. The third-order valence-electron chi connectivity index (χ3n) is 5.57. The fourth-order valence-electron chi connectivity index (χ4n) is 4.41. The van der Waals surface area contributed by atoms with Gasteiger partial charge in [-0.05, 0) is 38.5 Å². The molecule has 0 fully saturated rings. The minimum atomic E-state index is -0.317. The zero-order valence-electron chi connectivity index (χ0n) is 15.1. The van der Waals surface area contributed by atoms with Gasteiger partial charge in [-0.3, -0.25) is 0 Å². The summed E-state index contributed by atoms with van der Waals surface area (Å²) in [4.78, 5) is 12.8. The Morgan fingerprint density at radius 1 is 0.885 bits per heavy atom. The molecule has 0 N–H and O–H groups in total. The molecule has 26 heavy (non-hydrogen) atoms. The Hall–Kier alpha value is -2.75. The van der Waals surface area contributed by atoms with E-state index >= 15 is 0 Å². The van der Waals surface area contributed by atoms with Crippen LogP contribution in [0.4, 0.5) is 0 Å². The highest BCUT2D eigenvalue weighted by Gasteiger charge is 2.41. The molecule has 0 unspecified atom stereocenters. The maximum Gasteiger partial charge on any atom is 0.343 e. The lowest BCUT2D eigenvalue weighted by atomic mass is 9.77. The van der Waals surface area contributed by atoms with Gasteiger partial charge in [0.25, 0.3) is 0 Å². The van der Waals surface area contributed by atoms with Gasteiger partial charge in [0.05, 0.1) is 24.2 Å². The van der Waals surface area contributed by atoms with Crippen molar-refractivity contribution in [2.75, 3.05) is 13.2 Å². The van der Waals surface area contributed by atoms with Crippen molar-refractivity contribution in [3.05, 3.63) is 68.6 Å². The standard InChI is InChI=1S/C22H20O4/c1-11-4-5-18-15(7-11)21-19(22(23)26-18)17-10-24-20-13(3)6-12(2)8-14(20)16(17)9-25-21/h4-8,16-17H,9-10H2,1-3H3/t16-,17-/m1/s1. The van der Waals surface area contributed by atoms with E-state index in [1.54, 1.807) is 0 Å². The third kappa shape index (κ3) is 2.11. The number of rotatable bonds is 0. The molecular formula is C22H20O4. The Labute approximate surface area is 151 Å². The number of hydrogen-bond acceptors (Lipinski definition) is 4. The first-order valence-corrected chi connectivity index (χ1v) is 8.97. The molecule has 132 valence electrons. The van der Waals surface area contributed by atoms with Gasteiger partial charge in [0.1, 0.15) is 17.1 Å². The van der Waals surface area contributed by atoms with E-state index in [9.17, 15) is 4.79 Å². The molecule has 4 nitrogen and oxygen atoms in total. The summed E-state index contributed by atoms with van der Waals surface area (Å²) < 4.78 is 17.9. The molecule has 2 aliphatic heterocycles. The molecule has 5 rings (SSSR count). The molecule has 0 bridgehead atoms. The first-order valence-electron chi connectivity index (χ1n) is 8.97. The molecule has 2 aromatic carbocycles. The molecular weight excluding hydrogens is 328 g/mol. The van der Waals surface area contributed by atoms with Crippen molar-refractivity contribution in [2.24, 2.45) is 0 Å². The van der Waals surface area contributed by atoms with E-state index in [1.165, 1.54) is 5.56 Å². The Morgan fingerprint density at radius 2 is 1.65 bits per heavy atom. The van der Waals surface area contributed by atoms with Crippen LogP contribution in [0.3, 0.4) is 0 Å². The summed E-state index contributed by atoms with van der Waals surface area (Å²) in [6, 6.07) is 10.1. The highest BCUT2D eigenvalue weighted by Crippen LogP contribution is 2.49. The van der Waals surface area contributed by atoms with Gasteiger partial charge in [-0.25, -0.2) is 4.79 Å². The van der Waals surface area contributed by atoms with Gasteiger partial charge in [0.2, 0.25) is 0 Å². The minimum absolute atomic E-state index is 0.0476. The summed E-state index contributed by atoms with van der Waals surface area (Å²) in [5.74, 6) is 1.66. The molecule has 4 heteroatoms. The molecule has 1 aromatic heterocycles. The van der Waals surface area contributed by atoms with Crippen molar-refractivity contribution in [1.82, 2.24) is 0 Å². The van der Waals surface area contributed by atoms with Crippen molar-refractivity contribution in [3.63, 3.8) is 0 Å². The molecule has 3 heterocycles. The SMILES string of the molecule is Cc1cc(C)c2c(c1)[C@H]1COc3c(c(=O)oc4ccc(C)cc34)[C@@H]1CO2. The molecule has 3 aromatic rings. The highest BCUT2D eigenvalue weighted by atomic mass is 16.5. The van der Waals surface area contributed by atoms with Crippen LogP contribution < -0.4 is 15.1 Å². The molecule has 2 atom stereocenters. The van der Waals surface area contributed by atoms with Crippen molar-refractivity contribution in [3.8, 4) is 11.5 Å². The highest BCUT2D eigenvalue weighted by molar-refractivity contribution is 5.85. The van der Waals surface area contributed by atoms with Crippen LogP contribution in [0.25, 0.3) is 11.0 Å².